The maximum Gasteiger partial charge on any atom is 0.252 e. The zero-order chi connectivity index (χ0) is 30.9. The van der Waals surface area contributed by atoms with Crippen LogP contribution >= 0.6 is 15.9 Å². The minimum Gasteiger partial charge on any atom is -0.497 e. The maximum absolute atomic E-state index is 14.4. The minimum atomic E-state index is -1.29. The van der Waals surface area contributed by atoms with Crippen molar-refractivity contribution in [3.63, 3.8) is 0 Å². The van der Waals surface area contributed by atoms with Crippen LogP contribution in [0.5, 0.6) is 11.5 Å². The number of ether oxygens (including phenoxy) is 3. The van der Waals surface area contributed by atoms with E-state index in [-0.39, 0.29) is 12.5 Å². The molecule has 44 heavy (non-hydrogen) atoms. The van der Waals surface area contributed by atoms with Gasteiger partial charge in [-0.25, -0.2) is 4.99 Å². The fourth-order valence-corrected chi connectivity index (χ4v) is 5.49. The smallest absolute Gasteiger partial charge is 0.252 e. The molecule has 2 atom stereocenters. The Labute approximate surface area is 267 Å². The molecule has 0 spiro atoms. The van der Waals surface area contributed by atoms with Gasteiger partial charge in [-0.3, -0.25) is 4.79 Å². The largest absolute Gasteiger partial charge is 0.497 e. The lowest BCUT2D eigenvalue weighted by Gasteiger charge is -2.31. The molecule has 1 amide bonds. The van der Waals surface area contributed by atoms with E-state index in [0.717, 1.165) is 26.7 Å². The van der Waals surface area contributed by atoms with Crippen LogP contribution in [0.1, 0.15) is 40.3 Å². The van der Waals surface area contributed by atoms with Crippen molar-refractivity contribution < 1.29 is 24.1 Å². The van der Waals surface area contributed by atoms with E-state index in [9.17, 15) is 4.79 Å². The van der Waals surface area contributed by atoms with Gasteiger partial charge in [0, 0.05) is 36.0 Å². The molecule has 0 unspecified atom stereocenters. The van der Waals surface area contributed by atoms with Gasteiger partial charge in [0.05, 0.1) is 13.7 Å². The second-order valence-electron chi connectivity index (χ2n) is 10.9. The predicted octanol–water partition coefficient (Wildman–Crippen LogP) is 6.39. The van der Waals surface area contributed by atoms with Gasteiger partial charge in [0.15, 0.2) is 11.6 Å². The third-order valence-electron chi connectivity index (χ3n) is 7.63. The predicted molar refractivity (Wildman–Crippen MR) is 175 cm³/mol. The highest BCUT2D eigenvalue weighted by molar-refractivity contribution is 9.10. The fourth-order valence-electron chi connectivity index (χ4n) is 5.23. The molecule has 0 bridgehead atoms. The average molecular weight is 658 g/mol. The first-order valence-electron chi connectivity index (χ1n) is 14.7. The van der Waals surface area contributed by atoms with Crippen LogP contribution in [0.15, 0.2) is 107 Å². The summed E-state index contributed by atoms with van der Waals surface area (Å²) in [6.07, 6.45) is 0.859. The number of benzene rings is 4. The lowest BCUT2D eigenvalue weighted by atomic mass is 9.82. The Hall–Kier alpha value is -4.14. The Kier molecular flexibility index (Phi) is 10.4. The second-order valence-corrected chi connectivity index (χ2v) is 11.8. The van der Waals surface area contributed by atoms with Gasteiger partial charge in [-0.15, -0.1) is 0 Å². The van der Waals surface area contributed by atoms with E-state index in [1.165, 1.54) is 5.56 Å². The topological polar surface area (TPSA) is 89.4 Å². The molecule has 8 heteroatoms. The summed E-state index contributed by atoms with van der Waals surface area (Å²) in [5.74, 6) is 1.52. The molecule has 0 saturated heterocycles. The van der Waals surface area contributed by atoms with Crippen molar-refractivity contribution in [3.05, 3.63) is 129 Å². The highest BCUT2D eigenvalue weighted by Gasteiger charge is 2.53. The number of rotatable bonds is 13. The van der Waals surface area contributed by atoms with Crippen LogP contribution in [0.3, 0.4) is 0 Å². The SMILES string of the molecule is COc1cccc([C@H]2OC(c3ccc(OCCCO)cc3)=N[C@@]2(Cc2ccc(Br)cc2)C(=O)NCCc2ccc(C)cc2)c1. The van der Waals surface area contributed by atoms with Gasteiger partial charge in [0.25, 0.3) is 5.91 Å². The van der Waals surface area contributed by atoms with Crippen molar-refractivity contribution in [1.29, 1.82) is 0 Å². The molecule has 1 aliphatic rings. The molecule has 1 aliphatic heterocycles. The zero-order valence-electron chi connectivity index (χ0n) is 25.0. The maximum atomic E-state index is 14.4. The van der Waals surface area contributed by atoms with E-state index in [1.54, 1.807) is 7.11 Å². The number of aliphatic imine (C=N–C) groups is 1. The van der Waals surface area contributed by atoms with E-state index in [2.05, 4.69) is 52.4 Å². The van der Waals surface area contributed by atoms with Gasteiger partial charge in [-0.2, -0.15) is 0 Å². The molecule has 5 rings (SSSR count). The number of hydrogen-bond acceptors (Lipinski definition) is 6. The van der Waals surface area contributed by atoms with Gasteiger partial charge in [0.2, 0.25) is 5.90 Å². The van der Waals surface area contributed by atoms with Crippen LogP contribution in [0.25, 0.3) is 0 Å². The lowest BCUT2D eigenvalue weighted by molar-refractivity contribution is -0.128. The number of carbonyl (C=O) groups excluding carboxylic acids is 1. The van der Waals surface area contributed by atoms with E-state index in [1.807, 2.05) is 72.8 Å². The number of aliphatic hydroxyl groups excluding tert-OH is 1. The van der Waals surface area contributed by atoms with Crippen LogP contribution in [0.2, 0.25) is 0 Å². The fraction of sp³-hybridized carbons (Fsp3) is 0.278. The molecule has 4 aromatic rings. The van der Waals surface area contributed by atoms with Gasteiger partial charge in [0.1, 0.15) is 11.5 Å². The molecular formula is C36H37BrN2O5. The molecule has 0 radical (unpaired) electrons. The number of hydrogen-bond donors (Lipinski definition) is 2. The quantitative estimate of drug-likeness (QED) is 0.163. The summed E-state index contributed by atoms with van der Waals surface area (Å²) in [7, 11) is 1.62. The Bertz CT molecular complexity index is 1570. The van der Waals surface area contributed by atoms with Crippen molar-refractivity contribution in [2.75, 3.05) is 26.9 Å². The molecular weight excluding hydrogens is 620 g/mol. The van der Waals surface area contributed by atoms with Crippen molar-refractivity contribution in [1.82, 2.24) is 5.32 Å². The monoisotopic (exact) mass is 656 g/mol. The molecule has 4 aromatic carbocycles. The van der Waals surface area contributed by atoms with Crippen LogP contribution in [-0.2, 0) is 22.4 Å². The lowest BCUT2D eigenvalue weighted by Crippen LogP contribution is -2.50. The molecule has 0 aromatic heterocycles. The molecule has 0 saturated carbocycles. The first-order chi connectivity index (χ1) is 21.4. The van der Waals surface area contributed by atoms with Gasteiger partial charge in [-0.05, 0) is 78.6 Å². The van der Waals surface area contributed by atoms with Gasteiger partial charge in [-0.1, -0.05) is 70.0 Å². The number of methoxy groups -OCH3 is 1. The van der Waals surface area contributed by atoms with Gasteiger partial charge >= 0.3 is 0 Å². The second kappa shape index (κ2) is 14.6. The van der Waals surface area contributed by atoms with Gasteiger partial charge < -0.3 is 24.6 Å². The number of carbonyl (C=O) groups is 1. The molecule has 0 aliphatic carbocycles. The number of aliphatic hydroxyl groups is 1. The minimum absolute atomic E-state index is 0.0714. The van der Waals surface area contributed by atoms with E-state index >= 15 is 0 Å². The average Bonchev–Trinajstić information content (AvgIpc) is 3.44. The summed E-state index contributed by atoms with van der Waals surface area (Å²) in [4.78, 5) is 19.5. The summed E-state index contributed by atoms with van der Waals surface area (Å²) < 4.78 is 18.8. The van der Waals surface area contributed by atoms with Crippen molar-refractivity contribution in [2.24, 2.45) is 4.99 Å². The van der Waals surface area contributed by atoms with Crippen molar-refractivity contribution >= 4 is 27.7 Å². The van der Waals surface area contributed by atoms with E-state index in [4.69, 9.17) is 24.3 Å². The van der Waals surface area contributed by atoms with Crippen LogP contribution in [0, 0.1) is 6.92 Å². The Morgan fingerprint density at radius 1 is 0.977 bits per heavy atom. The normalized spacial score (nSPS) is 17.5. The highest BCUT2D eigenvalue weighted by atomic mass is 79.9. The third kappa shape index (κ3) is 7.49. The number of halogens is 1. The number of aryl methyl sites for hydroxylation is 1. The Morgan fingerprint density at radius 3 is 2.41 bits per heavy atom. The first-order valence-corrected chi connectivity index (χ1v) is 15.5. The summed E-state index contributed by atoms with van der Waals surface area (Å²) >= 11 is 3.52. The standard InChI is InChI=1S/C36H37BrN2O5/c1-25-7-9-26(10-8-25)19-20-38-35(41)36(24-27-11-15-30(37)16-12-27)33(29-5-3-6-32(23-29)42-2)44-34(39-36)28-13-17-31(18-14-28)43-22-4-21-40/h3,5-18,23,33,40H,4,19-22,24H2,1-2H3,(H,38,41)/t33-,36-/m1/s1. The molecule has 1 heterocycles. The molecule has 2 N–H and O–H groups in total. The molecule has 0 fully saturated rings. The Balaban J connectivity index is 1.52. The third-order valence-corrected chi connectivity index (χ3v) is 8.16. The summed E-state index contributed by atoms with van der Waals surface area (Å²) in [5, 5.41) is 12.3. The molecule has 228 valence electrons. The van der Waals surface area contributed by atoms with Crippen molar-refractivity contribution in [3.8, 4) is 11.5 Å². The number of nitrogens with one attached hydrogen (secondary N) is 1. The summed E-state index contributed by atoms with van der Waals surface area (Å²) in [5.41, 5.74) is 3.53. The zero-order valence-corrected chi connectivity index (χ0v) is 26.5. The van der Waals surface area contributed by atoms with Crippen LogP contribution in [-0.4, -0.2) is 49.3 Å². The highest BCUT2D eigenvalue weighted by Crippen LogP contribution is 2.43. The van der Waals surface area contributed by atoms with E-state index in [0.29, 0.717) is 49.8 Å². The molecule has 7 nitrogen and oxygen atoms in total. The Morgan fingerprint density at radius 2 is 1.70 bits per heavy atom. The first kappa shape index (κ1) is 31.3. The van der Waals surface area contributed by atoms with Crippen LogP contribution < -0.4 is 14.8 Å². The van der Waals surface area contributed by atoms with E-state index < -0.39 is 11.6 Å². The number of nitrogens with zero attached hydrogens (tertiary/aromatic N) is 1. The summed E-state index contributed by atoms with van der Waals surface area (Å²) in [6.45, 7) is 3.01. The van der Waals surface area contributed by atoms with Crippen LogP contribution in [0.4, 0.5) is 0 Å². The summed E-state index contributed by atoms with van der Waals surface area (Å²) in [6, 6.07) is 31.3. The van der Waals surface area contributed by atoms with Crippen molar-refractivity contribution in [2.45, 2.75) is 37.8 Å². The number of amides is 1.